The molecule has 2 aliphatic heterocycles. The van der Waals surface area contributed by atoms with Crippen molar-refractivity contribution in [3.05, 3.63) is 36.0 Å². The fourth-order valence-corrected chi connectivity index (χ4v) is 3.90. The van der Waals surface area contributed by atoms with E-state index in [-0.39, 0.29) is 11.8 Å². The van der Waals surface area contributed by atoms with Crippen molar-refractivity contribution in [1.29, 1.82) is 0 Å². The van der Waals surface area contributed by atoms with Crippen LogP contribution >= 0.6 is 0 Å². The molecule has 3 atom stereocenters. The van der Waals surface area contributed by atoms with Crippen LogP contribution in [0.4, 0.5) is 0 Å². The van der Waals surface area contributed by atoms with Gasteiger partial charge in [0.2, 0.25) is 5.91 Å². The Morgan fingerprint density at radius 3 is 3.00 bits per heavy atom. The molecule has 3 N–H and O–H groups in total. The highest BCUT2D eigenvalue weighted by atomic mass is 16.1. The normalized spacial score (nSPS) is 27.3. The van der Waals surface area contributed by atoms with Crippen molar-refractivity contribution in [3.63, 3.8) is 0 Å². The van der Waals surface area contributed by atoms with Gasteiger partial charge in [0.1, 0.15) is 0 Å². The highest BCUT2D eigenvalue weighted by Gasteiger charge is 2.42. The van der Waals surface area contributed by atoms with Crippen molar-refractivity contribution in [2.24, 2.45) is 5.92 Å². The lowest BCUT2D eigenvalue weighted by Gasteiger charge is -2.19. The number of benzene rings is 1. The number of aromatic amines is 1. The Morgan fingerprint density at radius 2 is 2.19 bits per heavy atom. The molecule has 4 heteroatoms. The van der Waals surface area contributed by atoms with Gasteiger partial charge in [-0.3, -0.25) is 4.79 Å². The summed E-state index contributed by atoms with van der Waals surface area (Å²) in [5.41, 5.74) is 2.44. The van der Waals surface area contributed by atoms with Crippen molar-refractivity contribution in [1.82, 2.24) is 15.6 Å². The van der Waals surface area contributed by atoms with E-state index in [1.165, 1.54) is 17.4 Å². The lowest BCUT2D eigenvalue weighted by molar-refractivity contribution is -0.125. The van der Waals surface area contributed by atoms with E-state index >= 15 is 0 Å². The number of amides is 1. The van der Waals surface area contributed by atoms with Gasteiger partial charge in [0, 0.05) is 35.7 Å². The van der Waals surface area contributed by atoms with Crippen LogP contribution in [0.1, 0.15) is 24.8 Å². The van der Waals surface area contributed by atoms with Crippen molar-refractivity contribution in [3.8, 4) is 0 Å². The summed E-state index contributed by atoms with van der Waals surface area (Å²) in [6, 6.07) is 9.30. The maximum atomic E-state index is 12.3. The quantitative estimate of drug-likeness (QED) is 0.803. The second-order valence-corrected chi connectivity index (χ2v) is 6.29. The zero-order valence-electron chi connectivity index (χ0n) is 12.1. The average Bonchev–Trinajstić information content (AvgIpc) is 3.22. The van der Waals surface area contributed by atoms with E-state index < -0.39 is 0 Å². The Bertz CT molecular complexity index is 663. The topological polar surface area (TPSA) is 56.9 Å². The summed E-state index contributed by atoms with van der Waals surface area (Å²) in [5.74, 6) is 0.418. The predicted molar refractivity (Wildman–Crippen MR) is 83.1 cm³/mol. The van der Waals surface area contributed by atoms with E-state index in [9.17, 15) is 4.79 Å². The lowest BCUT2D eigenvalue weighted by atomic mass is 9.88. The molecule has 4 rings (SSSR count). The Hall–Kier alpha value is -1.81. The third kappa shape index (κ3) is 2.33. The zero-order chi connectivity index (χ0) is 14.2. The van der Waals surface area contributed by atoms with Crippen molar-refractivity contribution in [2.75, 3.05) is 6.54 Å². The van der Waals surface area contributed by atoms with Gasteiger partial charge in [-0.05, 0) is 37.3 Å². The van der Waals surface area contributed by atoms with Crippen LogP contribution in [0.15, 0.2) is 30.5 Å². The number of aromatic nitrogens is 1. The smallest absolute Gasteiger partial charge is 0.224 e. The molecule has 110 valence electrons. The lowest BCUT2D eigenvalue weighted by Crippen LogP contribution is -2.38. The molecule has 0 spiro atoms. The van der Waals surface area contributed by atoms with Crippen LogP contribution in [0.3, 0.4) is 0 Å². The summed E-state index contributed by atoms with van der Waals surface area (Å²) in [5, 5.41) is 7.90. The third-order valence-electron chi connectivity index (χ3n) is 5.01. The van der Waals surface area contributed by atoms with Gasteiger partial charge in [0.25, 0.3) is 0 Å². The van der Waals surface area contributed by atoms with Gasteiger partial charge in [-0.25, -0.2) is 0 Å². The largest absolute Gasteiger partial charge is 0.361 e. The Kier molecular flexibility index (Phi) is 3.19. The molecule has 2 aliphatic rings. The summed E-state index contributed by atoms with van der Waals surface area (Å²) in [7, 11) is 0. The first-order chi connectivity index (χ1) is 10.3. The Balaban J connectivity index is 1.34. The molecule has 0 radical (unpaired) electrons. The molecule has 2 saturated heterocycles. The molecule has 1 aromatic carbocycles. The summed E-state index contributed by atoms with van der Waals surface area (Å²) < 4.78 is 0. The minimum atomic E-state index is 0.187. The van der Waals surface area contributed by atoms with Gasteiger partial charge >= 0.3 is 0 Å². The van der Waals surface area contributed by atoms with Crippen LogP contribution in [0.2, 0.25) is 0 Å². The number of rotatable bonds is 4. The second-order valence-electron chi connectivity index (χ2n) is 6.29. The number of H-pyrrole nitrogens is 1. The molecule has 0 aliphatic carbocycles. The Morgan fingerprint density at radius 1 is 1.29 bits per heavy atom. The highest BCUT2D eigenvalue weighted by molar-refractivity contribution is 5.83. The first kappa shape index (κ1) is 12.9. The van der Waals surface area contributed by atoms with Crippen LogP contribution in [-0.2, 0) is 11.2 Å². The number of para-hydroxylation sites is 1. The monoisotopic (exact) mass is 283 g/mol. The molecular formula is C17H21N3O. The molecule has 3 unspecified atom stereocenters. The summed E-state index contributed by atoms with van der Waals surface area (Å²) in [6.07, 6.45) is 6.35. The maximum Gasteiger partial charge on any atom is 0.224 e. The number of nitrogens with one attached hydrogen (secondary N) is 3. The molecule has 4 nitrogen and oxygen atoms in total. The molecular weight excluding hydrogens is 262 g/mol. The van der Waals surface area contributed by atoms with E-state index in [0.717, 1.165) is 24.8 Å². The minimum absolute atomic E-state index is 0.187. The van der Waals surface area contributed by atoms with Gasteiger partial charge in [0.05, 0.1) is 5.92 Å². The van der Waals surface area contributed by atoms with Crippen LogP contribution in [0, 0.1) is 5.92 Å². The number of carbonyl (C=O) groups excluding carboxylic acids is 1. The SMILES string of the molecule is O=C(NCCc1c[nH]c2ccccc12)C1CC2CCC1N2. The minimum Gasteiger partial charge on any atom is -0.361 e. The van der Waals surface area contributed by atoms with E-state index in [4.69, 9.17) is 0 Å². The predicted octanol–water partition coefficient (Wildman–Crippen LogP) is 1.97. The first-order valence-electron chi connectivity index (χ1n) is 7.90. The van der Waals surface area contributed by atoms with Crippen molar-refractivity contribution >= 4 is 16.8 Å². The summed E-state index contributed by atoms with van der Waals surface area (Å²) >= 11 is 0. The van der Waals surface area contributed by atoms with Gasteiger partial charge in [-0.15, -0.1) is 0 Å². The second kappa shape index (κ2) is 5.19. The van der Waals surface area contributed by atoms with E-state index in [0.29, 0.717) is 18.6 Å². The van der Waals surface area contributed by atoms with Gasteiger partial charge < -0.3 is 15.6 Å². The molecule has 21 heavy (non-hydrogen) atoms. The summed E-state index contributed by atoms with van der Waals surface area (Å²) in [4.78, 5) is 15.5. The van der Waals surface area contributed by atoms with Crippen molar-refractivity contribution in [2.45, 2.75) is 37.8 Å². The van der Waals surface area contributed by atoms with E-state index in [1.807, 2.05) is 6.07 Å². The van der Waals surface area contributed by atoms with Crippen LogP contribution in [0.25, 0.3) is 10.9 Å². The third-order valence-corrected chi connectivity index (χ3v) is 5.01. The highest BCUT2D eigenvalue weighted by Crippen LogP contribution is 2.33. The molecule has 2 bridgehead atoms. The molecule has 2 aromatic rings. The fraction of sp³-hybridized carbons (Fsp3) is 0.471. The number of carbonyl (C=O) groups is 1. The van der Waals surface area contributed by atoms with Crippen LogP contribution in [0.5, 0.6) is 0 Å². The Labute approximate surface area is 124 Å². The van der Waals surface area contributed by atoms with Crippen LogP contribution in [-0.4, -0.2) is 29.5 Å². The number of hydrogen-bond acceptors (Lipinski definition) is 2. The maximum absolute atomic E-state index is 12.3. The van der Waals surface area contributed by atoms with Gasteiger partial charge in [0.15, 0.2) is 0 Å². The zero-order valence-corrected chi connectivity index (χ0v) is 12.1. The van der Waals surface area contributed by atoms with Crippen molar-refractivity contribution < 1.29 is 4.79 Å². The van der Waals surface area contributed by atoms with E-state index in [2.05, 4.69) is 40.0 Å². The first-order valence-corrected chi connectivity index (χ1v) is 7.90. The molecule has 1 amide bonds. The molecule has 1 aromatic heterocycles. The van der Waals surface area contributed by atoms with Gasteiger partial charge in [-0.1, -0.05) is 18.2 Å². The molecule has 3 heterocycles. The number of hydrogen-bond donors (Lipinski definition) is 3. The molecule has 0 saturated carbocycles. The average molecular weight is 283 g/mol. The van der Waals surface area contributed by atoms with E-state index in [1.54, 1.807) is 0 Å². The number of fused-ring (bicyclic) bond motifs is 3. The van der Waals surface area contributed by atoms with Crippen LogP contribution < -0.4 is 10.6 Å². The standard InChI is InChI=1S/C17H21N3O/c21-17(14-9-12-5-6-16(14)20-12)18-8-7-11-10-19-15-4-2-1-3-13(11)15/h1-4,10,12,14,16,19-20H,5-9H2,(H,18,21). The van der Waals surface area contributed by atoms with Gasteiger partial charge in [-0.2, -0.15) is 0 Å². The summed E-state index contributed by atoms with van der Waals surface area (Å²) in [6.45, 7) is 0.717. The molecule has 2 fully saturated rings. The fourth-order valence-electron chi connectivity index (χ4n) is 3.90.